The van der Waals surface area contributed by atoms with Crippen LogP contribution < -0.4 is 10.2 Å². The van der Waals surface area contributed by atoms with E-state index in [-0.39, 0.29) is 6.03 Å². The summed E-state index contributed by atoms with van der Waals surface area (Å²) in [6.45, 7) is 3.18. The van der Waals surface area contributed by atoms with Crippen LogP contribution in [0.1, 0.15) is 5.69 Å². The molecule has 3 aromatic heterocycles. The van der Waals surface area contributed by atoms with Crippen LogP contribution in [0.5, 0.6) is 0 Å². The largest absolute Gasteiger partial charge is 0.364 e. The molecule has 1 fully saturated rings. The molecule has 124 valence electrons. The fraction of sp³-hybridized carbons (Fsp3) is 0.333. The molecule has 8 nitrogen and oxygen atoms in total. The predicted octanol–water partition coefficient (Wildman–Crippen LogP) is 1.71. The zero-order valence-corrected chi connectivity index (χ0v) is 13.7. The van der Waals surface area contributed by atoms with Gasteiger partial charge in [-0.15, -0.1) is 11.3 Å². The molecule has 1 aliphatic rings. The molecule has 0 spiro atoms. The molecule has 0 aliphatic carbocycles. The Balaban J connectivity index is 1.36. The van der Waals surface area contributed by atoms with Crippen molar-refractivity contribution in [2.75, 3.05) is 31.1 Å². The summed E-state index contributed by atoms with van der Waals surface area (Å²) in [5.74, 6) is 0.956. The molecule has 0 radical (unpaired) electrons. The number of piperazine rings is 1. The van der Waals surface area contributed by atoms with E-state index in [2.05, 4.69) is 25.3 Å². The number of rotatable bonds is 3. The van der Waals surface area contributed by atoms with E-state index < -0.39 is 0 Å². The first-order valence-corrected chi connectivity index (χ1v) is 8.54. The third-order valence-electron chi connectivity index (χ3n) is 4.00. The van der Waals surface area contributed by atoms with Gasteiger partial charge in [-0.2, -0.15) is 0 Å². The normalized spacial score (nSPS) is 15.0. The molecule has 3 aromatic rings. The average molecular weight is 344 g/mol. The molecular weight excluding hydrogens is 328 g/mol. The maximum absolute atomic E-state index is 12.2. The summed E-state index contributed by atoms with van der Waals surface area (Å²) in [7, 11) is 0. The molecule has 1 N–H and O–H groups in total. The SMILES string of the molecule is O=C(NCc1ccon1)N1CCN(c2ncnc3ccsc23)CC1. The first kappa shape index (κ1) is 14.9. The maximum Gasteiger partial charge on any atom is 0.317 e. The number of hydrogen-bond acceptors (Lipinski definition) is 7. The highest BCUT2D eigenvalue weighted by atomic mass is 32.1. The fourth-order valence-corrected chi connectivity index (χ4v) is 3.59. The van der Waals surface area contributed by atoms with Gasteiger partial charge in [0.25, 0.3) is 0 Å². The Labute approximate surface area is 142 Å². The summed E-state index contributed by atoms with van der Waals surface area (Å²) in [6, 6.07) is 3.65. The molecule has 24 heavy (non-hydrogen) atoms. The van der Waals surface area contributed by atoms with Crippen LogP contribution in [0.15, 0.2) is 34.6 Å². The van der Waals surface area contributed by atoms with E-state index in [1.807, 2.05) is 16.3 Å². The van der Waals surface area contributed by atoms with E-state index in [4.69, 9.17) is 4.52 Å². The van der Waals surface area contributed by atoms with Crippen molar-refractivity contribution in [1.82, 2.24) is 25.3 Å². The van der Waals surface area contributed by atoms with Gasteiger partial charge < -0.3 is 19.6 Å². The topological polar surface area (TPSA) is 87.4 Å². The zero-order valence-electron chi connectivity index (χ0n) is 12.9. The van der Waals surface area contributed by atoms with Crippen molar-refractivity contribution in [3.8, 4) is 0 Å². The Hall–Kier alpha value is -2.68. The molecule has 0 atom stereocenters. The molecular formula is C15H16N6O2S. The van der Waals surface area contributed by atoms with Crippen LogP contribution in [0.2, 0.25) is 0 Å². The third-order valence-corrected chi connectivity index (χ3v) is 4.90. The van der Waals surface area contributed by atoms with Gasteiger partial charge >= 0.3 is 6.03 Å². The van der Waals surface area contributed by atoms with Gasteiger partial charge in [-0.25, -0.2) is 14.8 Å². The molecule has 0 unspecified atom stereocenters. The van der Waals surface area contributed by atoms with Crippen molar-refractivity contribution in [3.05, 3.63) is 35.8 Å². The Morgan fingerprint density at radius 2 is 2.12 bits per heavy atom. The molecule has 0 saturated carbocycles. The van der Waals surface area contributed by atoms with Crippen LogP contribution in [0, 0.1) is 0 Å². The van der Waals surface area contributed by atoms with Gasteiger partial charge in [0.05, 0.1) is 16.8 Å². The minimum Gasteiger partial charge on any atom is -0.364 e. The number of aromatic nitrogens is 3. The van der Waals surface area contributed by atoms with Gasteiger partial charge in [0.2, 0.25) is 0 Å². The lowest BCUT2D eigenvalue weighted by molar-refractivity contribution is 0.193. The third kappa shape index (κ3) is 2.90. The maximum atomic E-state index is 12.2. The van der Waals surface area contributed by atoms with Crippen LogP contribution >= 0.6 is 11.3 Å². The smallest absolute Gasteiger partial charge is 0.317 e. The first-order valence-electron chi connectivity index (χ1n) is 7.66. The Kier molecular flexibility index (Phi) is 3.99. The van der Waals surface area contributed by atoms with Crippen molar-refractivity contribution in [1.29, 1.82) is 0 Å². The summed E-state index contributed by atoms with van der Waals surface area (Å²) in [5.41, 5.74) is 1.68. The number of nitrogens with one attached hydrogen (secondary N) is 1. The second kappa shape index (κ2) is 6.44. The van der Waals surface area contributed by atoms with Gasteiger partial charge in [0.15, 0.2) is 0 Å². The van der Waals surface area contributed by atoms with E-state index in [1.165, 1.54) is 6.26 Å². The number of urea groups is 1. The van der Waals surface area contributed by atoms with E-state index in [9.17, 15) is 4.79 Å². The molecule has 1 aliphatic heterocycles. The number of hydrogen-bond donors (Lipinski definition) is 1. The van der Waals surface area contributed by atoms with Gasteiger partial charge in [0.1, 0.15) is 24.1 Å². The van der Waals surface area contributed by atoms with Crippen LogP contribution in [0.25, 0.3) is 10.2 Å². The Morgan fingerprint density at radius 1 is 1.25 bits per heavy atom. The van der Waals surface area contributed by atoms with E-state index >= 15 is 0 Å². The lowest BCUT2D eigenvalue weighted by Crippen LogP contribution is -2.52. The predicted molar refractivity (Wildman–Crippen MR) is 89.9 cm³/mol. The molecule has 0 bridgehead atoms. The molecule has 1 saturated heterocycles. The average Bonchev–Trinajstić information content (AvgIpc) is 3.31. The Bertz CT molecular complexity index is 825. The second-order valence-electron chi connectivity index (χ2n) is 5.46. The first-order chi connectivity index (χ1) is 11.8. The summed E-state index contributed by atoms with van der Waals surface area (Å²) in [5, 5.41) is 8.66. The van der Waals surface area contributed by atoms with E-state index in [1.54, 1.807) is 23.7 Å². The Morgan fingerprint density at radius 3 is 2.92 bits per heavy atom. The van der Waals surface area contributed by atoms with E-state index in [0.717, 1.165) is 29.1 Å². The number of fused-ring (bicyclic) bond motifs is 1. The minimum absolute atomic E-state index is 0.0818. The lowest BCUT2D eigenvalue weighted by atomic mass is 10.3. The second-order valence-corrected chi connectivity index (χ2v) is 6.37. The highest BCUT2D eigenvalue weighted by Gasteiger charge is 2.23. The number of amides is 2. The highest BCUT2D eigenvalue weighted by molar-refractivity contribution is 7.17. The molecule has 4 rings (SSSR count). The van der Waals surface area contributed by atoms with Gasteiger partial charge in [-0.05, 0) is 11.4 Å². The van der Waals surface area contributed by atoms with Crippen molar-refractivity contribution < 1.29 is 9.32 Å². The fourth-order valence-electron chi connectivity index (χ4n) is 2.73. The number of anilines is 1. The van der Waals surface area contributed by atoms with Crippen molar-refractivity contribution in [3.63, 3.8) is 0 Å². The van der Waals surface area contributed by atoms with Gasteiger partial charge in [0, 0.05) is 32.2 Å². The van der Waals surface area contributed by atoms with Gasteiger partial charge in [-0.1, -0.05) is 5.16 Å². The van der Waals surface area contributed by atoms with Crippen LogP contribution in [-0.2, 0) is 6.54 Å². The minimum atomic E-state index is -0.0818. The number of nitrogens with zero attached hydrogens (tertiary/aromatic N) is 5. The zero-order chi connectivity index (χ0) is 16.4. The number of carbonyl (C=O) groups is 1. The molecule has 2 amide bonds. The quantitative estimate of drug-likeness (QED) is 0.778. The summed E-state index contributed by atoms with van der Waals surface area (Å²) < 4.78 is 5.85. The van der Waals surface area contributed by atoms with Crippen molar-refractivity contribution in [2.24, 2.45) is 0 Å². The number of thiophene rings is 1. The summed E-state index contributed by atoms with van der Waals surface area (Å²) >= 11 is 1.65. The van der Waals surface area contributed by atoms with Crippen LogP contribution in [0.4, 0.5) is 10.6 Å². The van der Waals surface area contributed by atoms with Gasteiger partial charge in [-0.3, -0.25) is 0 Å². The summed E-state index contributed by atoms with van der Waals surface area (Å²) in [4.78, 5) is 24.9. The summed E-state index contributed by atoms with van der Waals surface area (Å²) in [6.07, 6.45) is 3.09. The molecule has 4 heterocycles. The van der Waals surface area contributed by atoms with Crippen LogP contribution in [0.3, 0.4) is 0 Å². The number of carbonyl (C=O) groups excluding carboxylic acids is 1. The highest BCUT2D eigenvalue weighted by Crippen LogP contribution is 2.28. The van der Waals surface area contributed by atoms with Crippen molar-refractivity contribution >= 4 is 33.4 Å². The van der Waals surface area contributed by atoms with Crippen LogP contribution in [-0.4, -0.2) is 52.2 Å². The molecule has 9 heteroatoms. The monoisotopic (exact) mass is 344 g/mol. The molecule has 0 aromatic carbocycles. The van der Waals surface area contributed by atoms with E-state index in [0.29, 0.717) is 25.3 Å². The van der Waals surface area contributed by atoms with Crippen molar-refractivity contribution in [2.45, 2.75) is 6.54 Å². The standard InChI is InChI=1S/C15H16N6O2S/c22-15(16-9-11-1-7-23-19-11)21-5-3-20(4-6-21)14-13-12(2-8-24-13)17-10-18-14/h1-2,7-8,10H,3-6,9H2,(H,16,22). The lowest BCUT2D eigenvalue weighted by Gasteiger charge is -2.35.